The van der Waals surface area contributed by atoms with Gasteiger partial charge in [-0.1, -0.05) is 26.2 Å². The van der Waals surface area contributed by atoms with E-state index in [1.54, 1.807) is 0 Å². The molecule has 0 spiro atoms. The fourth-order valence-corrected chi connectivity index (χ4v) is 3.50. The molecule has 0 aromatic heterocycles. The van der Waals surface area contributed by atoms with Gasteiger partial charge >= 0.3 is 0 Å². The Morgan fingerprint density at radius 3 is 2.65 bits per heavy atom. The highest BCUT2D eigenvalue weighted by Gasteiger charge is 2.36. The van der Waals surface area contributed by atoms with Crippen LogP contribution >= 0.6 is 0 Å². The summed E-state index contributed by atoms with van der Waals surface area (Å²) < 4.78 is 0. The Labute approximate surface area is 122 Å². The van der Waals surface area contributed by atoms with Crippen LogP contribution < -0.4 is 5.32 Å². The van der Waals surface area contributed by atoms with E-state index in [1.807, 2.05) is 6.92 Å². The third-order valence-corrected chi connectivity index (χ3v) is 4.90. The van der Waals surface area contributed by atoms with Crippen LogP contribution in [0.5, 0.6) is 0 Å². The fraction of sp³-hybridized carbons (Fsp3) is 0.875. The normalized spacial score (nSPS) is 28.4. The molecule has 0 aromatic carbocycles. The van der Waals surface area contributed by atoms with E-state index in [0.29, 0.717) is 5.92 Å². The van der Waals surface area contributed by atoms with Gasteiger partial charge in [0.25, 0.3) is 0 Å². The van der Waals surface area contributed by atoms with E-state index in [1.165, 1.54) is 19.3 Å². The highest BCUT2D eigenvalue weighted by Crippen LogP contribution is 2.28. The molecule has 0 bridgehead atoms. The molecule has 0 radical (unpaired) electrons. The molecule has 2 fully saturated rings. The summed E-state index contributed by atoms with van der Waals surface area (Å²) in [7, 11) is 0. The zero-order valence-electron chi connectivity index (χ0n) is 12.8. The average molecular weight is 277 g/mol. The van der Waals surface area contributed by atoms with E-state index in [-0.39, 0.29) is 11.9 Å². The largest absolute Gasteiger partial charge is 0.336 e. The highest BCUT2D eigenvalue weighted by molar-refractivity contribution is 5.82. The zero-order valence-corrected chi connectivity index (χ0v) is 12.8. The SMILES string of the molecule is CC1CCCN(C(C)C(=O)NC2(C#N)CCCCC2)C1. The van der Waals surface area contributed by atoms with Gasteiger partial charge in [0, 0.05) is 6.54 Å². The number of carbonyl (C=O) groups is 1. The monoisotopic (exact) mass is 277 g/mol. The summed E-state index contributed by atoms with van der Waals surface area (Å²) in [5.41, 5.74) is -0.606. The first-order chi connectivity index (χ1) is 9.56. The van der Waals surface area contributed by atoms with E-state index in [0.717, 1.165) is 38.8 Å². The number of likely N-dealkylation sites (tertiary alicyclic amines) is 1. The molecule has 112 valence electrons. The Hall–Kier alpha value is -1.08. The minimum Gasteiger partial charge on any atom is -0.336 e. The number of hydrogen-bond acceptors (Lipinski definition) is 3. The van der Waals surface area contributed by atoms with Gasteiger partial charge in [-0.15, -0.1) is 0 Å². The van der Waals surface area contributed by atoms with Gasteiger partial charge in [0.05, 0.1) is 12.1 Å². The fourth-order valence-electron chi connectivity index (χ4n) is 3.50. The lowest BCUT2D eigenvalue weighted by molar-refractivity contribution is -0.128. The van der Waals surface area contributed by atoms with Crippen LogP contribution in [0.2, 0.25) is 0 Å². The molecule has 2 rings (SSSR count). The van der Waals surface area contributed by atoms with Gasteiger partial charge in [-0.05, 0) is 45.1 Å². The quantitative estimate of drug-likeness (QED) is 0.862. The molecule has 1 heterocycles. The second-order valence-corrected chi connectivity index (χ2v) is 6.66. The van der Waals surface area contributed by atoms with Crippen LogP contribution in [0.4, 0.5) is 0 Å². The second-order valence-electron chi connectivity index (χ2n) is 6.66. The molecule has 2 aliphatic rings. The van der Waals surface area contributed by atoms with E-state index < -0.39 is 5.54 Å². The van der Waals surface area contributed by atoms with Crippen molar-refractivity contribution in [2.45, 2.75) is 70.4 Å². The van der Waals surface area contributed by atoms with Crippen LogP contribution in [0.15, 0.2) is 0 Å². The lowest BCUT2D eigenvalue weighted by Gasteiger charge is -2.37. The van der Waals surface area contributed by atoms with Crippen LogP contribution in [0.25, 0.3) is 0 Å². The summed E-state index contributed by atoms with van der Waals surface area (Å²) in [5, 5.41) is 12.5. The number of nitriles is 1. The summed E-state index contributed by atoms with van der Waals surface area (Å²) in [6, 6.07) is 2.24. The van der Waals surface area contributed by atoms with Gasteiger partial charge < -0.3 is 5.32 Å². The van der Waals surface area contributed by atoms with E-state index in [9.17, 15) is 10.1 Å². The number of amides is 1. The second kappa shape index (κ2) is 6.58. The molecule has 2 unspecified atom stereocenters. The highest BCUT2D eigenvalue weighted by atomic mass is 16.2. The van der Waals surface area contributed by atoms with Gasteiger partial charge in [-0.25, -0.2) is 0 Å². The molecule has 1 aliphatic heterocycles. The van der Waals surface area contributed by atoms with Crippen LogP contribution in [-0.2, 0) is 4.79 Å². The summed E-state index contributed by atoms with van der Waals surface area (Å²) in [4.78, 5) is 14.7. The van der Waals surface area contributed by atoms with Crippen molar-refractivity contribution in [2.24, 2.45) is 5.92 Å². The van der Waals surface area contributed by atoms with Gasteiger partial charge in [0.2, 0.25) is 5.91 Å². The Bertz CT molecular complexity index is 382. The Kier molecular flexibility index (Phi) is 5.04. The molecule has 1 N–H and O–H groups in total. The molecule has 4 heteroatoms. The predicted octanol–water partition coefficient (Wildman–Crippen LogP) is 2.45. The third kappa shape index (κ3) is 3.52. The standard InChI is InChI=1S/C16H27N3O/c1-13-7-6-10-19(11-13)14(2)15(20)18-16(12-17)8-4-3-5-9-16/h13-14H,3-11H2,1-2H3,(H,18,20). The number of nitrogens with zero attached hydrogens (tertiary/aromatic N) is 2. The average Bonchev–Trinajstić information content (AvgIpc) is 2.47. The Morgan fingerprint density at radius 1 is 1.35 bits per heavy atom. The first kappa shape index (κ1) is 15.3. The van der Waals surface area contributed by atoms with Crippen molar-refractivity contribution in [1.82, 2.24) is 10.2 Å². The maximum atomic E-state index is 12.5. The van der Waals surface area contributed by atoms with Crippen molar-refractivity contribution >= 4 is 5.91 Å². The van der Waals surface area contributed by atoms with Crippen LogP contribution in [0.1, 0.15) is 58.8 Å². The van der Waals surface area contributed by atoms with Gasteiger partial charge in [-0.3, -0.25) is 9.69 Å². The smallest absolute Gasteiger partial charge is 0.238 e. The van der Waals surface area contributed by atoms with Crippen molar-refractivity contribution in [3.63, 3.8) is 0 Å². The molecule has 20 heavy (non-hydrogen) atoms. The molecule has 1 saturated carbocycles. The van der Waals surface area contributed by atoms with Crippen molar-refractivity contribution in [1.29, 1.82) is 5.26 Å². The lowest BCUT2D eigenvalue weighted by atomic mass is 9.82. The first-order valence-corrected chi connectivity index (χ1v) is 8.04. The van der Waals surface area contributed by atoms with Crippen LogP contribution in [0.3, 0.4) is 0 Å². The molecular weight excluding hydrogens is 250 g/mol. The maximum absolute atomic E-state index is 12.5. The molecule has 2 atom stereocenters. The minimum atomic E-state index is -0.606. The maximum Gasteiger partial charge on any atom is 0.238 e. The number of hydrogen-bond donors (Lipinski definition) is 1. The number of nitrogens with one attached hydrogen (secondary N) is 1. The van der Waals surface area contributed by atoms with E-state index >= 15 is 0 Å². The lowest BCUT2D eigenvalue weighted by Crippen LogP contribution is -2.56. The minimum absolute atomic E-state index is 0.0301. The Morgan fingerprint density at radius 2 is 2.05 bits per heavy atom. The number of carbonyl (C=O) groups excluding carboxylic acids is 1. The molecule has 1 amide bonds. The number of rotatable bonds is 3. The van der Waals surface area contributed by atoms with Gasteiger partial charge in [0.15, 0.2) is 0 Å². The number of piperidine rings is 1. The Balaban J connectivity index is 1.94. The van der Waals surface area contributed by atoms with Crippen molar-refractivity contribution in [3.8, 4) is 6.07 Å². The van der Waals surface area contributed by atoms with Crippen LogP contribution in [-0.4, -0.2) is 35.5 Å². The summed E-state index contributed by atoms with van der Waals surface area (Å²) in [6.45, 7) is 6.21. The van der Waals surface area contributed by atoms with Gasteiger partial charge in [-0.2, -0.15) is 5.26 Å². The van der Waals surface area contributed by atoms with E-state index in [2.05, 4.69) is 23.2 Å². The summed E-state index contributed by atoms with van der Waals surface area (Å²) >= 11 is 0. The topological polar surface area (TPSA) is 56.1 Å². The van der Waals surface area contributed by atoms with Crippen LogP contribution in [0, 0.1) is 17.2 Å². The van der Waals surface area contributed by atoms with Crippen molar-refractivity contribution in [2.75, 3.05) is 13.1 Å². The molecule has 4 nitrogen and oxygen atoms in total. The van der Waals surface area contributed by atoms with Crippen molar-refractivity contribution in [3.05, 3.63) is 0 Å². The molecule has 1 aliphatic carbocycles. The predicted molar refractivity (Wildman–Crippen MR) is 79.0 cm³/mol. The first-order valence-electron chi connectivity index (χ1n) is 8.04. The van der Waals surface area contributed by atoms with Gasteiger partial charge in [0.1, 0.15) is 5.54 Å². The third-order valence-electron chi connectivity index (χ3n) is 4.90. The summed E-state index contributed by atoms with van der Waals surface area (Å²) in [6.07, 6.45) is 7.30. The molecule has 0 aromatic rings. The van der Waals surface area contributed by atoms with E-state index in [4.69, 9.17) is 0 Å². The molecule has 1 saturated heterocycles. The zero-order chi connectivity index (χ0) is 14.6. The van der Waals surface area contributed by atoms with Crippen molar-refractivity contribution < 1.29 is 4.79 Å². The summed E-state index contributed by atoms with van der Waals surface area (Å²) in [5.74, 6) is 0.696. The molecular formula is C16H27N3O.